The van der Waals surface area contributed by atoms with Crippen LogP contribution >= 0.6 is 11.6 Å². The minimum absolute atomic E-state index is 0.0668. The van der Waals surface area contributed by atoms with Crippen LogP contribution in [0.25, 0.3) is 0 Å². The maximum atomic E-state index is 16.3. The number of rotatable bonds is 8. The Balaban J connectivity index is 0.961. The second-order valence-corrected chi connectivity index (χ2v) is 19.3. The van der Waals surface area contributed by atoms with Crippen LogP contribution in [-0.4, -0.2) is 95.8 Å². The molecular formula is C48H48ClF4N7O7. The summed E-state index contributed by atoms with van der Waals surface area (Å²) in [5.74, 6) is -3.68. The number of hydrogen-bond donors (Lipinski definition) is 4. The van der Waals surface area contributed by atoms with Gasteiger partial charge in [-0.25, -0.2) is 4.39 Å². The number of ether oxygens (including phenoxy) is 2. The molecule has 4 N–H and O–H groups in total. The van der Waals surface area contributed by atoms with Crippen molar-refractivity contribution >= 4 is 52.5 Å². The summed E-state index contributed by atoms with van der Waals surface area (Å²) in [7, 11) is 1.39. The van der Waals surface area contributed by atoms with Crippen molar-refractivity contribution in [3.8, 4) is 5.75 Å². The normalized spacial score (nSPS) is 24.9. The highest BCUT2D eigenvalue weighted by Crippen LogP contribution is 2.57. The Morgan fingerprint density at radius 2 is 1.85 bits per heavy atom. The zero-order valence-electron chi connectivity index (χ0n) is 37.0. The SMILES string of the molecule is COc1cc(C(=O)N2CCO[C@H](c3ccc4c(c3)CN([C@H]3CCC(=O)NC3=O)C4=O)C2)ccc1NC(=O)[C@@H]1N[C@@H](CC(C)(C)C)[C@@]2(CNc3cc(C(F)(F)F)ncc32)[C@H]1c1cccc(Cl)c1F. The van der Waals surface area contributed by atoms with Crippen molar-refractivity contribution in [2.24, 2.45) is 5.41 Å². The molecule has 6 heterocycles. The van der Waals surface area contributed by atoms with Crippen LogP contribution in [0.3, 0.4) is 0 Å². The molecule has 4 aromatic rings. The number of anilines is 2. The first kappa shape index (κ1) is 46.0. The lowest BCUT2D eigenvalue weighted by Gasteiger charge is -2.39. The van der Waals surface area contributed by atoms with E-state index in [4.69, 9.17) is 21.1 Å². The van der Waals surface area contributed by atoms with E-state index in [1.54, 1.807) is 29.2 Å². The highest BCUT2D eigenvalue weighted by atomic mass is 35.5. The van der Waals surface area contributed by atoms with E-state index in [9.17, 15) is 37.1 Å². The number of aromatic nitrogens is 1. The molecule has 0 bridgehead atoms. The number of piperidine rings is 1. The average Bonchev–Trinajstić information content (AvgIpc) is 3.94. The van der Waals surface area contributed by atoms with Gasteiger partial charge in [0.15, 0.2) is 0 Å². The molecule has 67 heavy (non-hydrogen) atoms. The summed E-state index contributed by atoms with van der Waals surface area (Å²) in [6.45, 7) is 6.94. The number of benzene rings is 3. The molecule has 3 saturated heterocycles. The number of pyridine rings is 1. The van der Waals surface area contributed by atoms with E-state index < -0.39 is 65.1 Å². The number of methoxy groups -OCH3 is 1. The van der Waals surface area contributed by atoms with Crippen molar-refractivity contribution in [3.05, 3.63) is 117 Å². The van der Waals surface area contributed by atoms with Crippen molar-refractivity contribution in [3.63, 3.8) is 0 Å². The molecule has 352 valence electrons. The second-order valence-electron chi connectivity index (χ2n) is 18.9. The number of hydrogen-bond acceptors (Lipinski definition) is 10. The standard InChI is InChI=1S/C48H48ClF4N7O7/c1-46(2,3)19-37-47(23-55-32-18-36(48(51,52)53)54-20-29(32)47)39(28-6-5-7-30(49)40(28)50)41(57-37)43(63)56-31-11-9-25(17-34(31)66-4)44(64)59-14-15-67-35(22-59)24-8-10-27-26(16-24)21-60(45(27)65)33-12-13-38(61)58-42(33)62/h5-11,16-18,20,33,35,37,39,41,55,57H,12-15,19,21-23H2,1-4H3,(H,56,63)(H,58,61,62)/t33-,35-,37-,39-,41+,47-/m0/s1. The summed E-state index contributed by atoms with van der Waals surface area (Å²) < 4.78 is 69.8. The van der Waals surface area contributed by atoms with Gasteiger partial charge in [0.1, 0.15) is 29.4 Å². The molecule has 9 rings (SSSR count). The van der Waals surface area contributed by atoms with Crippen LogP contribution in [0, 0.1) is 11.2 Å². The molecule has 5 aliphatic rings. The van der Waals surface area contributed by atoms with Gasteiger partial charge in [0.25, 0.3) is 11.8 Å². The minimum atomic E-state index is -4.71. The number of carbonyl (C=O) groups is 5. The van der Waals surface area contributed by atoms with Crippen LogP contribution in [0.2, 0.25) is 5.02 Å². The van der Waals surface area contributed by atoms with Gasteiger partial charge in [0.2, 0.25) is 17.7 Å². The van der Waals surface area contributed by atoms with Crippen molar-refractivity contribution < 1.29 is 51.0 Å². The van der Waals surface area contributed by atoms with E-state index in [0.717, 1.165) is 11.6 Å². The van der Waals surface area contributed by atoms with Gasteiger partial charge in [0.05, 0.1) is 37.0 Å². The monoisotopic (exact) mass is 945 g/mol. The number of imide groups is 1. The highest BCUT2D eigenvalue weighted by Gasteiger charge is 2.62. The Labute approximate surface area is 388 Å². The summed E-state index contributed by atoms with van der Waals surface area (Å²) in [4.78, 5) is 73.3. The fraction of sp³-hybridized carbons (Fsp3) is 0.417. The number of alkyl halides is 3. The van der Waals surface area contributed by atoms with Gasteiger partial charge in [0, 0.05) is 72.0 Å². The lowest BCUT2D eigenvalue weighted by atomic mass is 9.63. The third-order valence-electron chi connectivity index (χ3n) is 13.6. The van der Waals surface area contributed by atoms with Crippen molar-refractivity contribution in [1.82, 2.24) is 25.4 Å². The van der Waals surface area contributed by atoms with E-state index in [1.807, 2.05) is 26.8 Å². The third kappa shape index (κ3) is 8.37. The fourth-order valence-corrected chi connectivity index (χ4v) is 10.7. The van der Waals surface area contributed by atoms with Gasteiger partial charge >= 0.3 is 6.18 Å². The average molecular weight is 946 g/mol. The quantitative estimate of drug-likeness (QED) is 0.110. The molecular weight excluding hydrogens is 898 g/mol. The maximum absolute atomic E-state index is 16.3. The molecule has 0 aliphatic carbocycles. The van der Waals surface area contributed by atoms with Crippen LogP contribution in [0.15, 0.2) is 66.9 Å². The van der Waals surface area contributed by atoms with Crippen LogP contribution in [0.5, 0.6) is 5.75 Å². The van der Waals surface area contributed by atoms with E-state index >= 15 is 4.39 Å². The molecule has 3 fully saturated rings. The van der Waals surface area contributed by atoms with Gasteiger partial charge < -0.3 is 35.2 Å². The minimum Gasteiger partial charge on any atom is -0.495 e. The molecule has 0 unspecified atom stereocenters. The molecule has 3 aromatic carbocycles. The Hall–Kier alpha value is -6.11. The maximum Gasteiger partial charge on any atom is 0.433 e. The lowest BCUT2D eigenvalue weighted by molar-refractivity contribution is -0.141. The van der Waals surface area contributed by atoms with Crippen LogP contribution in [0.4, 0.5) is 28.9 Å². The summed E-state index contributed by atoms with van der Waals surface area (Å²) in [5, 5.41) is 11.7. The van der Waals surface area contributed by atoms with Gasteiger partial charge in [-0.3, -0.25) is 34.3 Å². The smallest absolute Gasteiger partial charge is 0.433 e. The largest absolute Gasteiger partial charge is 0.495 e. The number of morpholine rings is 1. The van der Waals surface area contributed by atoms with Crippen molar-refractivity contribution in [1.29, 1.82) is 0 Å². The molecule has 19 heteroatoms. The molecule has 6 atom stereocenters. The first-order valence-electron chi connectivity index (χ1n) is 22.0. The number of nitrogens with zero attached hydrogens (tertiary/aromatic N) is 3. The number of nitrogens with one attached hydrogen (secondary N) is 4. The van der Waals surface area contributed by atoms with Crippen LogP contribution in [-0.2, 0) is 37.3 Å². The summed E-state index contributed by atoms with van der Waals surface area (Å²) in [6, 6.07) is 12.9. The van der Waals surface area contributed by atoms with Gasteiger partial charge in [-0.05, 0) is 71.3 Å². The molecule has 1 spiro atoms. The Morgan fingerprint density at radius 3 is 2.58 bits per heavy atom. The van der Waals surface area contributed by atoms with E-state index in [1.165, 1.54) is 42.5 Å². The first-order valence-corrected chi connectivity index (χ1v) is 22.3. The summed E-state index contributed by atoms with van der Waals surface area (Å²) in [5.41, 5.74) is 0.468. The summed E-state index contributed by atoms with van der Waals surface area (Å²) in [6.07, 6.45) is -3.25. The van der Waals surface area contributed by atoms with Gasteiger partial charge in [-0.2, -0.15) is 13.2 Å². The van der Waals surface area contributed by atoms with Gasteiger partial charge in [-0.15, -0.1) is 0 Å². The predicted octanol–water partition coefficient (Wildman–Crippen LogP) is 6.74. The number of fused-ring (bicyclic) bond motifs is 3. The van der Waals surface area contributed by atoms with E-state index in [0.29, 0.717) is 23.1 Å². The molecule has 14 nitrogen and oxygen atoms in total. The molecule has 0 saturated carbocycles. The Bertz CT molecular complexity index is 2710. The molecule has 5 aliphatic heterocycles. The second kappa shape index (κ2) is 17.2. The number of carbonyl (C=O) groups excluding carboxylic acids is 5. The predicted molar refractivity (Wildman–Crippen MR) is 237 cm³/mol. The fourth-order valence-electron chi connectivity index (χ4n) is 10.5. The molecule has 5 amide bonds. The van der Waals surface area contributed by atoms with Crippen molar-refractivity contribution in [2.45, 2.75) is 88.3 Å². The molecule has 0 radical (unpaired) electrons. The number of amides is 5. The third-order valence-corrected chi connectivity index (χ3v) is 13.8. The zero-order valence-corrected chi connectivity index (χ0v) is 37.7. The molecule has 1 aromatic heterocycles. The first-order chi connectivity index (χ1) is 31.8. The van der Waals surface area contributed by atoms with E-state index in [2.05, 4.69) is 26.3 Å². The lowest BCUT2D eigenvalue weighted by Crippen LogP contribution is -2.52. The summed E-state index contributed by atoms with van der Waals surface area (Å²) >= 11 is 6.36. The van der Waals surface area contributed by atoms with Crippen molar-refractivity contribution in [2.75, 3.05) is 44.0 Å². The van der Waals surface area contributed by atoms with Crippen LogP contribution in [0.1, 0.15) is 101 Å². The zero-order chi connectivity index (χ0) is 47.7. The van der Waals surface area contributed by atoms with E-state index in [-0.39, 0.29) is 102 Å². The van der Waals surface area contributed by atoms with Crippen LogP contribution < -0.4 is 26.0 Å². The van der Waals surface area contributed by atoms with Gasteiger partial charge in [-0.1, -0.05) is 56.6 Å². The Kier molecular flexibility index (Phi) is 11.8. The number of halogens is 5. The highest BCUT2D eigenvalue weighted by molar-refractivity contribution is 6.30. The Morgan fingerprint density at radius 1 is 1.06 bits per heavy atom. The topological polar surface area (TPSA) is 171 Å².